The van der Waals surface area contributed by atoms with Crippen molar-refractivity contribution in [2.45, 2.75) is 6.54 Å². The number of amides is 1. The molecule has 3 rings (SSSR count). The van der Waals surface area contributed by atoms with Crippen molar-refractivity contribution in [1.29, 1.82) is 0 Å². The molecule has 1 N–H and O–H groups in total. The highest BCUT2D eigenvalue weighted by molar-refractivity contribution is 7.10. The summed E-state index contributed by atoms with van der Waals surface area (Å²) < 4.78 is 11.0. The zero-order valence-corrected chi connectivity index (χ0v) is 12.2. The van der Waals surface area contributed by atoms with Crippen LogP contribution in [0, 0.1) is 0 Å². The van der Waals surface area contributed by atoms with E-state index in [4.69, 9.17) is 9.47 Å². The Labute approximate surface area is 127 Å². The molecule has 0 aliphatic carbocycles. The highest BCUT2D eigenvalue weighted by Gasteiger charge is 2.11. The minimum absolute atomic E-state index is 0.113. The van der Waals surface area contributed by atoms with Gasteiger partial charge in [0, 0.05) is 17.5 Å². The molecule has 1 aromatic heterocycles. The lowest BCUT2D eigenvalue weighted by Crippen LogP contribution is -2.20. The molecule has 21 heavy (non-hydrogen) atoms. The van der Waals surface area contributed by atoms with E-state index in [-0.39, 0.29) is 5.91 Å². The van der Waals surface area contributed by atoms with Crippen molar-refractivity contribution in [3.63, 3.8) is 0 Å². The number of ether oxygens (including phenoxy) is 2. The summed E-state index contributed by atoms with van der Waals surface area (Å²) in [5.74, 6) is 1.38. The minimum atomic E-state index is -0.113. The van der Waals surface area contributed by atoms with Gasteiger partial charge in [-0.15, -0.1) is 11.3 Å². The fourth-order valence-corrected chi connectivity index (χ4v) is 2.61. The van der Waals surface area contributed by atoms with Crippen molar-refractivity contribution < 1.29 is 14.3 Å². The monoisotopic (exact) mass is 301 g/mol. The Morgan fingerprint density at radius 1 is 1.24 bits per heavy atom. The molecule has 1 aromatic carbocycles. The van der Waals surface area contributed by atoms with Crippen molar-refractivity contribution in [3.05, 3.63) is 52.2 Å². The van der Waals surface area contributed by atoms with Gasteiger partial charge in [-0.2, -0.15) is 0 Å². The molecule has 0 bridgehead atoms. The van der Waals surface area contributed by atoms with Gasteiger partial charge in [-0.3, -0.25) is 4.79 Å². The first-order valence-electron chi connectivity index (χ1n) is 6.69. The van der Waals surface area contributed by atoms with Crippen LogP contribution in [0.1, 0.15) is 10.4 Å². The molecule has 2 heterocycles. The van der Waals surface area contributed by atoms with Crippen LogP contribution in [0.25, 0.3) is 6.08 Å². The predicted octanol–water partition coefficient (Wildman–Crippen LogP) is 2.85. The molecule has 1 amide bonds. The van der Waals surface area contributed by atoms with Crippen LogP contribution < -0.4 is 14.8 Å². The third-order valence-corrected chi connectivity index (χ3v) is 3.85. The number of hydrogen-bond donors (Lipinski definition) is 1. The Morgan fingerprint density at radius 3 is 2.90 bits per heavy atom. The SMILES string of the molecule is O=C(C=Cc1cccs1)NCc1ccc2c(c1)OCCO2. The summed E-state index contributed by atoms with van der Waals surface area (Å²) in [6, 6.07) is 9.62. The van der Waals surface area contributed by atoms with Crippen LogP contribution in [0.4, 0.5) is 0 Å². The van der Waals surface area contributed by atoms with Crippen LogP contribution in [0.5, 0.6) is 11.5 Å². The molecule has 5 heteroatoms. The van der Waals surface area contributed by atoms with E-state index in [1.165, 1.54) is 0 Å². The van der Waals surface area contributed by atoms with Crippen LogP contribution >= 0.6 is 11.3 Å². The molecule has 0 fully saturated rings. The molecule has 1 aliphatic heterocycles. The molecular formula is C16H15NO3S. The van der Waals surface area contributed by atoms with Gasteiger partial charge in [0.05, 0.1) is 0 Å². The smallest absolute Gasteiger partial charge is 0.244 e. The van der Waals surface area contributed by atoms with E-state index in [9.17, 15) is 4.79 Å². The van der Waals surface area contributed by atoms with E-state index in [0.717, 1.165) is 21.9 Å². The summed E-state index contributed by atoms with van der Waals surface area (Å²) in [4.78, 5) is 12.8. The maximum absolute atomic E-state index is 11.8. The van der Waals surface area contributed by atoms with Gasteiger partial charge in [-0.1, -0.05) is 12.1 Å². The van der Waals surface area contributed by atoms with Crippen molar-refractivity contribution in [1.82, 2.24) is 5.32 Å². The topological polar surface area (TPSA) is 47.6 Å². The zero-order chi connectivity index (χ0) is 14.5. The molecule has 4 nitrogen and oxygen atoms in total. The van der Waals surface area contributed by atoms with E-state index in [2.05, 4.69) is 5.32 Å². The second-order valence-electron chi connectivity index (χ2n) is 4.54. The fourth-order valence-electron chi connectivity index (χ4n) is 1.99. The molecule has 0 saturated carbocycles. The number of carbonyl (C=O) groups is 1. The number of benzene rings is 1. The lowest BCUT2D eigenvalue weighted by Gasteiger charge is -2.18. The largest absolute Gasteiger partial charge is 0.486 e. The summed E-state index contributed by atoms with van der Waals surface area (Å²) in [5, 5.41) is 4.83. The van der Waals surface area contributed by atoms with E-state index in [0.29, 0.717) is 19.8 Å². The lowest BCUT2D eigenvalue weighted by molar-refractivity contribution is -0.116. The number of thiophene rings is 1. The van der Waals surface area contributed by atoms with Crippen LogP contribution in [-0.2, 0) is 11.3 Å². The molecule has 0 radical (unpaired) electrons. The van der Waals surface area contributed by atoms with Gasteiger partial charge < -0.3 is 14.8 Å². The van der Waals surface area contributed by atoms with E-state index < -0.39 is 0 Å². The molecule has 0 spiro atoms. The molecule has 2 aromatic rings. The Morgan fingerprint density at radius 2 is 2.10 bits per heavy atom. The first-order chi connectivity index (χ1) is 10.3. The van der Waals surface area contributed by atoms with Gasteiger partial charge in [0.15, 0.2) is 11.5 Å². The molecular weight excluding hydrogens is 286 g/mol. The second-order valence-corrected chi connectivity index (χ2v) is 5.52. The van der Waals surface area contributed by atoms with Crippen molar-refractivity contribution in [3.8, 4) is 11.5 Å². The number of fused-ring (bicyclic) bond motifs is 1. The molecule has 0 atom stereocenters. The summed E-state index contributed by atoms with van der Waals surface area (Å²) in [7, 11) is 0. The lowest BCUT2D eigenvalue weighted by atomic mass is 10.2. The molecule has 0 saturated heterocycles. The number of carbonyl (C=O) groups excluding carboxylic acids is 1. The van der Waals surface area contributed by atoms with Crippen molar-refractivity contribution >= 4 is 23.3 Å². The average Bonchev–Trinajstić information content (AvgIpc) is 3.04. The predicted molar refractivity (Wildman–Crippen MR) is 82.6 cm³/mol. The Balaban J connectivity index is 1.56. The van der Waals surface area contributed by atoms with E-state index in [1.54, 1.807) is 17.4 Å². The van der Waals surface area contributed by atoms with Gasteiger partial charge >= 0.3 is 0 Å². The van der Waals surface area contributed by atoms with Gasteiger partial charge in [-0.25, -0.2) is 0 Å². The second kappa shape index (κ2) is 6.45. The number of nitrogens with one attached hydrogen (secondary N) is 1. The molecule has 0 unspecified atom stereocenters. The maximum atomic E-state index is 11.8. The number of hydrogen-bond acceptors (Lipinski definition) is 4. The molecule has 108 valence electrons. The van der Waals surface area contributed by atoms with Crippen LogP contribution in [-0.4, -0.2) is 19.1 Å². The maximum Gasteiger partial charge on any atom is 0.244 e. The average molecular weight is 301 g/mol. The minimum Gasteiger partial charge on any atom is -0.486 e. The standard InChI is InChI=1S/C16H15NO3S/c18-16(6-4-13-2-1-9-21-13)17-11-12-3-5-14-15(10-12)20-8-7-19-14/h1-6,9-10H,7-8,11H2,(H,17,18). The van der Waals surface area contributed by atoms with Crippen LogP contribution in [0.3, 0.4) is 0 Å². The van der Waals surface area contributed by atoms with Crippen LogP contribution in [0.2, 0.25) is 0 Å². The summed E-state index contributed by atoms with van der Waals surface area (Å²) >= 11 is 1.60. The van der Waals surface area contributed by atoms with E-state index in [1.807, 2.05) is 41.8 Å². The van der Waals surface area contributed by atoms with Crippen LogP contribution in [0.15, 0.2) is 41.8 Å². The first kappa shape index (κ1) is 13.7. The fraction of sp³-hybridized carbons (Fsp3) is 0.188. The normalized spacial score (nSPS) is 13.3. The van der Waals surface area contributed by atoms with Gasteiger partial charge in [-0.05, 0) is 35.2 Å². The summed E-state index contributed by atoms with van der Waals surface area (Å²) in [6.07, 6.45) is 3.35. The van der Waals surface area contributed by atoms with Crippen molar-refractivity contribution in [2.24, 2.45) is 0 Å². The first-order valence-corrected chi connectivity index (χ1v) is 7.57. The number of rotatable bonds is 4. The summed E-state index contributed by atoms with van der Waals surface area (Å²) in [6.45, 7) is 1.60. The summed E-state index contributed by atoms with van der Waals surface area (Å²) in [5.41, 5.74) is 0.983. The van der Waals surface area contributed by atoms with Gasteiger partial charge in [0.1, 0.15) is 13.2 Å². The highest BCUT2D eigenvalue weighted by atomic mass is 32.1. The third kappa shape index (κ3) is 3.64. The van der Waals surface area contributed by atoms with Gasteiger partial charge in [0.2, 0.25) is 5.91 Å². The quantitative estimate of drug-likeness (QED) is 0.883. The third-order valence-electron chi connectivity index (χ3n) is 3.02. The zero-order valence-electron chi connectivity index (χ0n) is 11.4. The van der Waals surface area contributed by atoms with Gasteiger partial charge in [0.25, 0.3) is 0 Å². The van der Waals surface area contributed by atoms with E-state index >= 15 is 0 Å². The Kier molecular flexibility index (Phi) is 4.21. The Hall–Kier alpha value is -2.27. The molecule has 1 aliphatic rings. The Bertz CT molecular complexity index is 650. The van der Waals surface area contributed by atoms with Crippen molar-refractivity contribution in [2.75, 3.05) is 13.2 Å². The highest BCUT2D eigenvalue weighted by Crippen LogP contribution is 2.30.